The molecule has 41 heavy (non-hydrogen) atoms. The number of aromatic nitrogens is 2. The van der Waals surface area contributed by atoms with Crippen molar-refractivity contribution in [3.05, 3.63) is 65.6 Å². The predicted octanol–water partition coefficient (Wildman–Crippen LogP) is 5.68. The minimum absolute atomic E-state index is 0.0606. The third-order valence-corrected chi connectivity index (χ3v) is 7.20. The Kier molecular flexibility index (Phi) is 8.02. The van der Waals surface area contributed by atoms with Crippen molar-refractivity contribution < 1.29 is 23.0 Å². The lowest BCUT2D eigenvalue weighted by Gasteiger charge is -2.36. The standard InChI is InChI=1S/C31H37F2N5O3/c1-20(2)38-14-15-40-29-24(32)17-22(18-26(29)38)28-25(33)19-34-27(35-28)16-21-6-8-23(9-7-21)36-10-12-37(13-11-36)30(39)41-31(3,4)5/h6-9,17-20H,10-16H2,1-5H3. The van der Waals surface area contributed by atoms with Gasteiger partial charge in [0.1, 0.15) is 23.7 Å². The second-order valence-electron chi connectivity index (χ2n) is 11.7. The van der Waals surface area contributed by atoms with Gasteiger partial charge in [-0.05, 0) is 64.4 Å². The second-order valence-corrected chi connectivity index (χ2v) is 11.7. The minimum atomic E-state index is -0.609. The summed E-state index contributed by atoms with van der Waals surface area (Å²) >= 11 is 0. The molecule has 3 heterocycles. The number of carbonyl (C=O) groups excluding carboxylic acids is 1. The van der Waals surface area contributed by atoms with Crippen LogP contribution in [0.1, 0.15) is 46.0 Å². The van der Waals surface area contributed by atoms with Crippen molar-refractivity contribution in [1.82, 2.24) is 14.9 Å². The summed E-state index contributed by atoms with van der Waals surface area (Å²) < 4.78 is 41.0. The van der Waals surface area contributed by atoms with Crippen molar-refractivity contribution in [3.63, 3.8) is 0 Å². The fraction of sp³-hybridized carbons (Fsp3) is 0.452. The monoisotopic (exact) mass is 565 g/mol. The quantitative estimate of drug-likeness (QED) is 0.394. The van der Waals surface area contributed by atoms with Gasteiger partial charge >= 0.3 is 6.09 Å². The highest BCUT2D eigenvalue weighted by atomic mass is 19.1. The van der Waals surface area contributed by atoms with E-state index in [-0.39, 0.29) is 23.6 Å². The van der Waals surface area contributed by atoms with Gasteiger partial charge in [0.15, 0.2) is 17.4 Å². The number of carbonyl (C=O) groups is 1. The maximum absolute atomic E-state index is 15.0. The average Bonchev–Trinajstić information content (AvgIpc) is 2.93. The maximum Gasteiger partial charge on any atom is 0.410 e. The van der Waals surface area contributed by atoms with Crippen LogP contribution in [-0.4, -0.2) is 71.9 Å². The molecule has 218 valence electrons. The highest BCUT2D eigenvalue weighted by molar-refractivity contribution is 5.72. The molecule has 0 atom stereocenters. The molecule has 0 saturated carbocycles. The van der Waals surface area contributed by atoms with E-state index in [0.717, 1.165) is 17.4 Å². The van der Waals surface area contributed by atoms with Gasteiger partial charge in [-0.2, -0.15) is 0 Å². The molecular formula is C31H37F2N5O3. The van der Waals surface area contributed by atoms with Gasteiger partial charge in [-0.1, -0.05) is 12.1 Å². The molecule has 1 amide bonds. The van der Waals surface area contributed by atoms with Crippen LogP contribution in [0, 0.1) is 11.6 Å². The fourth-order valence-corrected chi connectivity index (χ4v) is 5.15. The van der Waals surface area contributed by atoms with Crippen molar-refractivity contribution in [2.24, 2.45) is 0 Å². The summed E-state index contributed by atoms with van der Waals surface area (Å²) in [6.45, 7) is 13.3. The van der Waals surface area contributed by atoms with E-state index in [1.165, 1.54) is 6.07 Å². The summed E-state index contributed by atoms with van der Waals surface area (Å²) in [4.78, 5) is 27.1. The number of rotatable bonds is 5. The Morgan fingerprint density at radius 3 is 2.39 bits per heavy atom. The summed E-state index contributed by atoms with van der Waals surface area (Å²) in [5.74, 6) is -0.517. The van der Waals surface area contributed by atoms with Crippen molar-refractivity contribution in [2.75, 3.05) is 49.1 Å². The molecule has 5 rings (SSSR count). The first-order chi connectivity index (χ1) is 19.5. The Bertz CT molecular complexity index is 1400. The number of ether oxygens (including phenoxy) is 2. The predicted molar refractivity (Wildman–Crippen MR) is 155 cm³/mol. The topological polar surface area (TPSA) is 71.0 Å². The Morgan fingerprint density at radius 1 is 1.02 bits per heavy atom. The largest absolute Gasteiger partial charge is 0.486 e. The van der Waals surface area contributed by atoms with Gasteiger partial charge in [-0.3, -0.25) is 0 Å². The van der Waals surface area contributed by atoms with Crippen molar-refractivity contribution >= 4 is 17.5 Å². The van der Waals surface area contributed by atoms with Gasteiger partial charge in [-0.15, -0.1) is 0 Å². The number of anilines is 2. The highest BCUT2D eigenvalue weighted by Crippen LogP contribution is 2.39. The zero-order chi connectivity index (χ0) is 29.3. The summed E-state index contributed by atoms with van der Waals surface area (Å²) in [5, 5.41) is 0. The first-order valence-corrected chi connectivity index (χ1v) is 14.0. The van der Waals surface area contributed by atoms with Crippen LogP contribution in [0.3, 0.4) is 0 Å². The number of hydrogen-bond donors (Lipinski definition) is 0. The van der Waals surface area contributed by atoms with Crippen LogP contribution < -0.4 is 14.5 Å². The number of amides is 1. The number of piperazine rings is 1. The van der Waals surface area contributed by atoms with Gasteiger partial charge in [0.05, 0.1) is 18.4 Å². The Labute approximate surface area is 239 Å². The number of fused-ring (bicyclic) bond motifs is 1. The van der Waals surface area contributed by atoms with E-state index in [9.17, 15) is 9.18 Å². The van der Waals surface area contributed by atoms with Crippen LogP contribution in [0.2, 0.25) is 0 Å². The summed E-state index contributed by atoms with van der Waals surface area (Å²) in [6, 6.07) is 11.2. The molecular weight excluding hydrogens is 528 g/mol. The average molecular weight is 566 g/mol. The molecule has 3 aromatic rings. The molecule has 8 nitrogen and oxygen atoms in total. The van der Waals surface area contributed by atoms with E-state index in [1.54, 1.807) is 11.0 Å². The smallest absolute Gasteiger partial charge is 0.410 e. The molecule has 0 radical (unpaired) electrons. The van der Waals surface area contributed by atoms with Crippen LogP contribution in [0.15, 0.2) is 42.6 Å². The van der Waals surface area contributed by atoms with E-state index >= 15 is 4.39 Å². The normalized spacial score (nSPS) is 15.6. The van der Waals surface area contributed by atoms with Crippen LogP contribution in [-0.2, 0) is 11.2 Å². The third kappa shape index (κ3) is 6.52. The van der Waals surface area contributed by atoms with Crippen molar-refractivity contribution in [1.29, 1.82) is 0 Å². The Balaban J connectivity index is 1.28. The molecule has 1 fully saturated rings. The van der Waals surface area contributed by atoms with Gasteiger partial charge in [0.25, 0.3) is 0 Å². The van der Waals surface area contributed by atoms with E-state index in [2.05, 4.69) is 14.9 Å². The van der Waals surface area contributed by atoms with Crippen LogP contribution >= 0.6 is 0 Å². The van der Waals surface area contributed by atoms with Gasteiger partial charge in [0, 0.05) is 49.9 Å². The molecule has 1 aromatic heterocycles. The molecule has 2 aliphatic heterocycles. The number of hydrogen-bond acceptors (Lipinski definition) is 7. The molecule has 0 N–H and O–H groups in total. The highest BCUT2D eigenvalue weighted by Gasteiger charge is 2.27. The lowest BCUT2D eigenvalue weighted by Crippen LogP contribution is -2.50. The number of nitrogens with zero attached hydrogens (tertiary/aromatic N) is 5. The lowest BCUT2D eigenvalue weighted by atomic mass is 10.1. The van der Waals surface area contributed by atoms with Crippen LogP contribution in [0.25, 0.3) is 11.3 Å². The van der Waals surface area contributed by atoms with Crippen molar-refractivity contribution in [2.45, 2.75) is 52.7 Å². The Hall–Kier alpha value is -3.95. The third-order valence-electron chi connectivity index (χ3n) is 7.20. The molecule has 2 aliphatic rings. The van der Waals surface area contributed by atoms with Gasteiger partial charge in [0.2, 0.25) is 0 Å². The number of benzene rings is 2. The first-order valence-electron chi connectivity index (χ1n) is 14.0. The summed E-state index contributed by atoms with van der Waals surface area (Å²) in [6.07, 6.45) is 1.26. The molecule has 0 unspecified atom stereocenters. The molecule has 0 bridgehead atoms. The first kappa shape index (κ1) is 28.6. The van der Waals surface area contributed by atoms with Gasteiger partial charge in [-0.25, -0.2) is 23.5 Å². The molecule has 0 spiro atoms. The number of halogens is 2. The minimum Gasteiger partial charge on any atom is -0.486 e. The molecule has 0 aliphatic carbocycles. The SMILES string of the molecule is CC(C)N1CCOc2c(F)cc(-c3nc(Cc4ccc(N5CCN(C(=O)OC(C)(C)C)CC5)cc4)ncc3F)cc21. The second kappa shape index (κ2) is 11.5. The summed E-state index contributed by atoms with van der Waals surface area (Å²) in [7, 11) is 0. The maximum atomic E-state index is 15.0. The van der Waals surface area contributed by atoms with E-state index < -0.39 is 17.2 Å². The Morgan fingerprint density at radius 2 is 1.73 bits per heavy atom. The van der Waals surface area contributed by atoms with E-state index in [1.807, 2.05) is 63.8 Å². The molecule has 1 saturated heterocycles. The van der Waals surface area contributed by atoms with E-state index in [4.69, 9.17) is 9.47 Å². The zero-order valence-electron chi connectivity index (χ0n) is 24.3. The lowest BCUT2D eigenvalue weighted by molar-refractivity contribution is 0.0240. The molecule has 2 aromatic carbocycles. The fourth-order valence-electron chi connectivity index (χ4n) is 5.15. The summed E-state index contributed by atoms with van der Waals surface area (Å²) in [5.41, 5.74) is 2.52. The van der Waals surface area contributed by atoms with Gasteiger partial charge < -0.3 is 24.2 Å². The van der Waals surface area contributed by atoms with Crippen LogP contribution in [0.5, 0.6) is 5.75 Å². The zero-order valence-corrected chi connectivity index (χ0v) is 24.3. The molecule has 10 heteroatoms. The van der Waals surface area contributed by atoms with Crippen molar-refractivity contribution in [3.8, 4) is 17.0 Å². The van der Waals surface area contributed by atoms with E-state index in [0.29, 0.717) is 62.8 Å². The van der Waals surface area contributed by atoms with Crippen LogP contribution in [0.4, 0.5) is 25.0 Å².